The Morgan fingerprint density at radius 2 is 1.73 bits per heavy atom. The van der Waals surface area contributed by atoms with Crippen molar-refractivity contribution in [1.82, 2.24) is 10.3 Å². The number of nitrogens with one attached hydrogen (secondary N) is 1. The van der Waals surface area contributed by atoms with Crippen molar-refractivity contribution in [3.63, 3.8) is 0 Å². The maximum absolute atomic E-state index is 13.0. The topological polar surface area (TPSA) is 83.5 Å². The van der Waals surface area contributed by atoms with Gasteiger partial charge in [0.05, 0.1) is 26.5 Å². The van der Waals surface area contributed by atoms with Crippen LogP contribution in [-0.4, -0.2) is 56.6 Å². The summed E-state index contributed by atoms with van der Waals surface area (Å²) in [5.74, 6) is 0.244. The number of hydrazone groups is 1. The normalized spacial score (nSPS) is 21.9. The van der Waals surface area contributed by atoms with Gasteiger partial charge in [-0.25, -0.2) is 4.79 Å². The van der Waals surface area contributed by atoms with E-state index in [1.807, 2.05) is 24.3 Å². The van der Waals surface area contributed by atoms with Crippen molar-refractivity contribution in [2.45, 2.75) is 12.5 Å². The second kappa shape index (κ2) is 8.16. The number of amides is 3. The van der Waals surface area contributed by atoms with Crippen molar-refractivity contribution < 1.29 is 19.1 Å². The fourth-order valence-corrected chi connectivity index (χ4v) is 3.57. The van der Waals surface area contributed by atoms with E-state index in [0.29, 0.717) is 11.3 Å². The Kier molecular flexibility index (Phi) is 5.41. The third kappa shape index (κ3) is 3.73. The third-order valence-electron chi connectivity index (χ3n) is 5.43. The van der Waals surface area contributed by atoms with Gasteiger partial charge in [-0.1, -0.05) is 24.3 Å². The van der Waals surface area contributed by atoms with Crippen molar-refractivity contribution in [3.8, 4) is 5.75 Å². The minimum absolute atomic E-state index is 0.432. The lowest BCUT2D eigenvalue weighted by atomic mass is 9.92. The zero-order chi connectivity index (χ0) is 21.1. The molecule has 2 fully saturated rings. The minimum atomic E-state index is -1.18. The van der Waals surface area contributed by atoms with Gasteiger partial charge in [0.25, 0.3) is 5.91 Å². The van der Waals surface area contributed by atoms with Gasteiger partial charge in [0, 0.05) is 18.8 Å². The van der Waals surface area contributed by atoms with Crippen molar-refractivity contribution >= 4 is 23.8 Å². The average Bonchev–Trinajstić information content (AvgIpc) is 3.02. The highest BCUT2D eigenvalue weighted by Gasteiger charge is 2.49. The zero-order valence-electron chi connectivity index (χ0n) is 17.0. The molecule has 2 saturated heterocycles. The highest BCUT2D eigenvalue weighted by atomic mass is 16.5. The molecule has 0 bridgehead atoms. The second-order valence-electron chi connectivity index (χ2n) is 7.34. The molecule has 8 heteroatoms. The van der Waals surface area contributed by atoms with E-state index in [1.165, 1.54) is 6.21 Å². The third-order valence-corrected chi connectivity index (χ3v) is 5.43. The summed E-state index contributed by atoms with van der Waals surface area (Å²) in [6.07, 6.45) is 1.51. The summed E-state index contributed by atoms with van der Waals surface area (Å²) in [6, 6.07) is 14.3. The number of carbonyl (C=O) groups excluding carboxylic acids is 2. The Morgan fingerprint density at radius 3 is 2.37 bits per heavy atom. The molecule has 30 heavy (non-hydrogen) atoms. The highest BCUT2D eigenvalue weighted by Crippen LogP contribution is 2.30. The highest BCUT2D eigenvalue weighted by molar-refractivity contribution is 6.07. The van der Waals surface area contributed by atoms with Crippen molar-refractivity contribution in [3.05, 3.63) is 59.7 Å². The Hall–Kier alpha value is -3.39. The average molecular weight is 408 g/mol. The van der Waals surface area contributed by atoms with Crippen molar-refractivity contribution in [2.75, 3.05) is 38.3 Å². The number of imide groups is 1. The van der Waals surface area contributed by atoms with Crippen LogP contribution in [0.4, 0.5) is 10.5 Å². The zero-order valence-corrected chi connectivity index (χ0v) is 17.0. The van der Waals surface area contributed by atoms with E-state index in [-0.39, 0.29) is 0 Å². The Morgan fingerprint density at radius 1 is 1.07 bits per heavy atom. The molecule has 3 amide bonds. The summed E-state index contributed by atoms with van der Waals surface area (Å²) in [4.78, 5) is 27.6. The molecule has 156 valence electrons. The van der Waals surface area contributed by atoms with Gasteiger partial charge in [0.15, 0.2) is 0 Å². The monoisotopic (exact) mass is 408 g/mol. The van der Waals surface area contributed by atoms with Crippen LogP contribution in [-0.2, 0) is 15.1 Å². The molecule has 1 atom stereocenters. The largest absolute Gasteiger partial charge is 0.497 e. The van der Waals surface area contributed by atoms with E-state index in [1.54, 1.807) is 38.3 Å². The van der Waals surface area contributed by atoms with Crippen LogP contribution in [0, 0.1) is 0 Å². The summed E-state index contributed by atoms with van der Waals surface area (Å²) >= 11 is 0. The van der Waals surface area contributed by atoms with Crippen LogP contribution < -0.4 is 15.0 Å². The van der Waals surface area contributed by atoms with Crippen LogP contribution in [0.3, 0.4) is 0 Å². The first kappa shape index (κ1) is 19.9. The number of rotatable bonds is 5. The molecular weight excluding hydrogens is 384 g/mol. The number of hydrogen-bond donors (Lipinski definition) is 1. The molecule has 2 aliphatic heterocycles. The number of carbonyl (C=O) groups is 2. The lowest BCUT2D eigenvalue weighted by Crippen LogP contribution is -2.40. The smallest absolute Gasteiger partial charge is 0.346 e. The molecular formula is C22H24N4O4. The van der Waals surface area contributed by atoms with Crippen LogP contribution in [0.2, 0.25) is 0 Å². The molecule has 1 N–H and O–H groups in total. The molecule has 0 unspecified atom stereocenters. The van der Waals surface area contributed by atoms with Gasteiger partial charge in [-0.15, -0.1) is 5.01 Å². The van der Waals surface area contributed by atoms with Crippen molar-refractivity contribution in [1.29, 1.82) is 0 Å². The van der Waals surface area contributed by atoms with E-state index < -0.39 is 17.5 Å². The Bertz CT molecular complexity index is 952. The van der Waals surface area contributed by atoms with Gasteiger partial charge in [-0.3, -0.25) is 4.79 Å². The van der Waals surface area contributed by atoms with Crippen LogP contribution in [0.1, 0.15) is 18.1 Å². The van der Waals surface area contributed by atoms with E-state index in [9.17, 15) is 9.59 Å². The van der Waals surface area contributed by atoms with E-state index in [4.69, 9.17) is 9.47 Å². The van der Waals surface area contributed by atoms with Gasteiger partial charge in [0.1, 0.15) is 11.3 Å². The fraction of sp³-hybridized carbons (Fsp3) is 0.318. The lowest BCUT2D eigenvalue weighted by molar-refractivity contribution is -0.131. The number of methoxy groups -OCH3 is 1. The minimum Gasteiger partial charge on any atom is -0.497 e. The predicted octanol–water partition coefficient (Wildman–Crippen LogP) is 2.33. The van der Waals surface area contributed by atoms with Gasteiger partial charge in [-0.2, -0.15) is 5.10 Å². The Balaban J connectivity index is 1.48. The van der Waals surface area contributed by atoms with Crippen LogP contribution in [0.25, 0.3) is 0 Å². The quantitative estimate of drug-likeness (QED) is 0.607. The first-order valence-electron chi connectivity index (χ1n) is 9.79. The summed E-state index contributed by atoms with van der Waals surface area (Å²) in [5, 5.41) is 7.75. The summed E-state index contributed by atoms with van der Waals surface area (Å²) in [7, 11) is 1.57. The van der Waals surface area contributed by atoms with Crippen LogP contribution >= 0.6 is 0 Å². The summed E-state index contributed by atoms with van der Waals surface area (Å²) in [5.41, 5.74) is 1.39. The number of ether oxygens (including phenoxy) is 2. The molecule has 0 aliphatic carbocycles. The van der Waals surface area contributed by atoms with Gasteiger partial charge < -0.3 is 19.7 Å². The standard InChI is InChI=1S/C22H24N4O4/c1-22(17-5-9-19(29-2)10-6-17)20(27)26(21(28)24-22)23-15-16-3-7-18(8-4-16)25-11-13-30-14-12-25/h3-10,15H,11-14H2,1-2H3,(H,24,28)/b23-15-/t22-/m0/s1. The van der Waals surface area contributed by atoms with E-state index in [2.05, 4.69) is 15.3 Å². The van der Waals surface area contributed by atoms with E-state index in [0.717, 1.165) is 42.6 Å². The summed E-state index contributed by atoms with van der Waals surface area (Å²) < 4.78 is 10.5. The molecule has 2 aromatic rings. The number of urea groups is 1. The predicted molar refractivity (Wildman–Crippen MR) is 113 cm³/mol. The van der Waals surface area contributed by atoms with Crippen LogP contribution in [0.5, 0.6) is 5.75 Å². The number of hydrogen-bond acceptors (Lipinski definition) is 6. The number of nitrogens with zero attached hydrogens (tertiary/aromatic N) is 3. The first-order chi connectivity index (χ1) is 14.5. The molecule has 2 aromatic carbocycles. The number of morpholine rings is 1. The molecule has 4 rings (SSSR count). The van der Waals surface area contributed by atoms with Crippen molar-refractivity contribution in [2.24, 2.45) is 5.10 Å². The SMILES string of the molecule is COc1ccc([C@]2(C)NC(=O)N(/N=C\c3ccc(N4CCOCC4)cc3)C2=O)cc1. The molecule has 0 spiro atoms. The van der Waals surface area contributed by atoms with E-state index >= 15 is 0 Å². The molecule has 0 saturated carbocycles. The number of anilines is 1. The molecule has 0 aromatic heterocycles. The maximum Gasteiger partial charge on any atom is 0.346 e. The number of benzene rings is 2. The molecule has 8 nitrogen and oxygen atoms in total. The fourth-order valence-electron chi connectivity index (χ4n) is 3.57. The van der Waals surface area contributed by atoms with Crippen LogP contribution in [0.15, 0.2) is 53.6 Å². The lowest BCUT2D eigenvalue weighted by Gasteiger charge is -2.28. The Labute approximate surface area is 175 Å². The van der Waals surface area contributed by atoms with Gasteiger partial charge >= 0.3 is 6.03 Å². The second-order valence-corrected chi connectivity index (χ2v) is 7.34. The molecule has 2 heterocycles. The first-order valence-corrected chi connectivity index (χ1v) is 9.79. The van der Waals surface area contributed by atoms with Gasteiger partial charge in [-0.05, 0) is 42.3 Å². The summed E-state index contributed by atoms with van der Waals surface area (Å²) in [6.45, 7) is 4.84. The molecule has 0 radical (unpaired) electrons. The van der Waals surface area contributed by atoms with Gasteiger partial charge in [0.2, 0.25) is 0 Å². The molecule has 2 aliphatic rings. The maximum atomic E-state index is 13.0.